The number of carbonyl (C=O) groups is 4. The molecule has 3 atom stereocenters. The zero-order valence-electron chi connectivity index (χ0n) is 18.0. The fraction of sp³-hybridized carbons (Fsp3) is 0.333. The second-order valence-corrected chi connectivity index (χ2v) is 7.92. The molecule has 0 radical (unpaired) electrons. The van der Waals surface area contributed by atoms with Gasteiger partial charge in [0, 0.05) is 13.0 Å². The highest BCUT2D eigenvalue weighted by molar-refractivity contribution is 6.00. The highest BCUT2D eigenvalue weighted by Gasteiger charge is 2.26. The van der Waals surface area contributed by atoms with E-state index in [-0.39, 0.29) is 30.8 Å². The van der Waals surface area contributed by atoms with E-state index in [2.05, 4.69) is 21.3 Å². The molecule has 8 nitrogen and oxygen atoms in total. The third-order valence-corrected chi connectivity index (χ3v) is 5.22. The van der Waals surface area contributed by atoms with Gasteiger partial charge in [-0.15, -0.1) is 0 Å². The van der Waals surface area contributed by atoms with Crippen molar-refractivity contribution in [1.29, 1.82) is 0 Å². The minimum atomic E-state index is -0.844. The van der Waals surface area contributed by atoms with Crippen LogP contribution in [0.2, 0.25) is 0 Å². The standard InChI is InChI=1S/C24H28N4O4/c1-16-23(31)27-19(12-17-8-4-2-5-9-17)15-25-24(32)20(13-18-10-6-3-7-11-18)28-22(30)14-21(29)26-16/h2-11,16,19-20H,12-15H2,1H3,(H,25,32)(H,26,29)(H,27,31)(H,28,30)/t16-,19-,20-/m0/s1. The first kappa shape index (κ1) is 23.0. The minimum absolute atomic E-state index is 0.182. The van der Waals surface area contributed by atoms with Crippen molar-refractivity contribution >= 4 is 23.6 Å². The molecule has 4 amide bonds. The van der Waals surface area contributed by atoms with E-state index >= 15 is 0 Å². The van der Waals surface area contributed by atoms with Crippen molar-refractivity contribution in [2.24, 2.45) is 0 Å². The Kier molecular flexibility index (Phi) is 7.96. The average molecular weight is 437 g/mol. The second kappa shape index (κ2) is 11.1. The van der Waals surface area contributed by atoms with Crippen LogP contribution < -0.4 is 21.3 Å². The number of amides is 4. The lowest BCUT2D eigenvalue weighted by molar-refractivity contribution is -0.134. The van der Waals surface area contributed by atoms with Gasteiger partial charge in [0.15, 0.2) is 0 Å². The Hall–Kier alpha value is -3.68. The molecule has 2 aromatic carbocycles. The molecule has 168 valence electrons. The van der Waals surface area contributed by atoms with Gasteiger partial charge in [0.2, 0.25) is 23.6 Å². The maximum Gasteiger partial charge on any atom is 0.242 e. The number of rotatable bonds is 4. The van der Waals surface area contributed by atoms with Crippen molar-refractivity contribution in [3.8, 4) is 0 Å². The molecule has 0 aromatic heterocycles. The second-order valence-electron chi connectivity index (χ2n) is 7.92. The van der Waals surface area contributed by atoms with Crippen molar-refractivity contribution in [3.05, 3.63) is 71.8 Å². The molecule has 0 aliphatic carbocycles. The number of benzene rings is 2. The Labute approximate surface area is 187 Å². The molecule has 0 saturated carbocycles. The normalized spacial score (nSPS) is 22.8. The van der Waals surface area contributed by atoms with Crippen LogP contribution in [0, 0.1) is 0 Å². The molecular weight excluding hydrogens is 408 g/mol. The fourth-order valence-electron chi connectivity index (χ4n) is 3.55. The molecule has 2 aromatic rings. The predicted molar refractivity (Wildman–Crippen MR) is 119 cm³/mol. The van der Waals surface area contributed by atoms with Gasteiger partial charge in [0.1, 0.15) is 18.5 Å². The molecule has 1 fully saturated rings. The molecule has 1 aliphatic heterocycles. The van der Waals surface area contributed by atoms with Crippen molar-refractivity contribution in [1.82, 2.24) is 21.3 Å². The Morgan fingerprint density at radius 1 is 0.719 bits per heavy atom. The van der Waals surface area contributed by atoms with Crippen molar-refractivity contribution < 1.29 is 19.2 Å². The van der Waals surface area contributed by atoms with Gasteiger partial charge < -0.3 is 21.3 Å². The quantitative estimate of drug-likeness (QED) is 0.521. The summed E-state index contributed by atoms with van der Waals surface area (Å²) < 4.78 is 0. The third-order valence-electron chi connectivity index (χ3n) is 5.22. The minimum Gasteiger partial charge on any atom is -0.352 e. The molecule has 1 saturated heterocycles. The van der Waals surface area contributed by atoms with Gasteiger partial charge in [0.25, 0.3) is 0 Å². The SMILES string of the molecule is C[C@@H]1NC(=O)CC(=O)N[C@@H](Cc2ccccc2)C(=O)NC[C@H](Cc2ccccc2)NC1=O. The van der Waals surface area contributed by atoms with Gasteiger partial charge >= 0.3 is 0 Å². The van der Waals surface area contributed by atoms with Crippen molar-refractivity contribution in [3.63, 3.8) is 0 Å². The molecule has 3 rings (SSSR count). The molecule has 0 unspecified atom stereocenters. The summed E-state index contributed by atoms with van der Waals surface area (Å²) in [5.41, 5.74) is 1.88. The van der Waals surface area contributed by atoms with E-state index in [0.717, 1.165) is 11.1 Å². The van der Waals surface area contributed by atoms with Crippen LogP contribution >= 0.6 is 0 Å². The summed E-state index contributed by atoms with van der Waals surface area (Å²) in [5, 5.41) is 11.0. The van der Waals surface area contributed by atoms with Crippen LogP contribution in [0.1, 0.15) is 24.5 Å². The smallest absolute Gasteiger partial charge is 0.242 e. The van der Waals surface area contributed by atoms with Gasteiger partial charge in [-0.1, -0.05) is 60.7 Å². The lowest BCUT2D eigenvalue weighted by Crippen LogP contribution is -2.53. The van der Waals surface area contributed by atoms with Crippen molar-refractivity contribution in [2.75, 3.05) is 6.54 Å². The van der Waals surface area contributed by atoms with E-state index in [0.29, 0.717) is 6.42 Å². The van der Waals surface area contributed by atoms with E-state index in [4.69, 9.17) is 0 Å². The zero-order valence-corrected chi connectivity index (χ0v) is 18.0. The predicted octanol–water partition coefficient (Wildman–Crippen LogP) is 0.466. The first-order valence-electron chi connectivity index (χ1n) is 10.7. The zero-order chi connectivity index (χ0) is 22.9. The first-order valence-corrected chi connectivity index (χ1v) is 10.7. The highest BCUT2D eigenvalue weighted by atomic mass is 16.2. The van der Waals surface area contributed by atoms with E-state index in [9.17, 15) is 19.2 Å². The van der Waals surface area contributed by atoms with Crippen LogP contribution in [0.15, 0.2) is 60.7 Å². The Balaban J connectivity index is 1.80. The van der Waals surface area contributed by atoms with Gasteiger partial charge in [-0.3, -0.25) is 19.2 Å². The van der Waals surface area contributed by atoms with E-state index in [1.807, 2.05) is 60.7 Å². The monoisotopic (exact) mass is 436 g/mol. The topological polar surface area (TPSA) is 116 Å². The maximum atomic E-state index is 13.0. The lowest BCUT2D eigenvalue weighted by atomic mass is 10.0. The third kappa shape index (κ3) is 6.94. The van der Waals surface area contributed by atoms with E-state index in [1.54, 1.807) is 6.92 Å². The average Bonchev–Trinajstić information content (AvgIpc) is 2.77. The van der Waals surface area contributed by atoms with Crippen LogP contribution in [-0.2, 0) is 32.0 Å². The summed E-state index contributed by atoms with van der Waals surface area (Å²) in [5.74, 6) is -1.91. The summed E-state index contributed by atoms with van der Waals surface area (Å²) in [7, 11) is 0. The Morgan fingerprint density at radius 2 is 1.28 bits per heavy atom. The van der Waals surface area contributed by atoms with E-state index in [1.165, 1.54) is 0 Å². The molecule has 0 bridgehead atoms. The summed E-state index contributed by atoms with van der Waals surface area (Å²) >= 11 is 0. The Morgan fingerprint density at radius 3 is 1.91 bits per heavy atom. The van der Waals surface area contributed by atoms with Gasteiger partial charge in [-0.25, -0.2) is 0 Å². The van der Waals surface area contributed by atoms with Crippen LogP contribution in [0.5, 0.6) is 0 Å². The van der Waals surface area contributed by atoms with Crippen LogP contribution in [0.25, 0.3) is 0 Å². The molecule has 4 N–H and O–H groups in total. The number of carbonyl (C=O) groups excluding carboxylic acids is 4. The van der Waals surface area contributed by atoms with Crippen LogP contribution in [-0.4, -0.2) is 48.3 Å². The van der Waals surface area contributed by atoms with E-state index < -0.39 is 30.3 Å². The summed E-state index contributed by atoms with van der Waals surface area (Å²) in [4.78, 5) is 50.1. The van der Waals surface area contributed by atoms with Gasteiger partial charge in [-0.05, 0) is 24.5 Å². The number of hydrogen-bond acceptors (Lipinski definition) is 4. The first-order chi connectivity index (χ1) is 15.4. The number of hydrogen-bond donors (Lipinski definition) is 4. The maximum absolute atomic E-state index is 13.0. The fourth-order valence-corrected chi connectivity index (χ4v) is 3.55. The molecular formula is C24H28N4O4. The lowest BCUT2D eigenvalue weighted by Gasteiger charge is -2.23. The van der Waals surface area contributed by atoms with Crippen LogP contribution in [0.4, 0.5) is 0 Å². The number of nitrogens with one attached hydrogen (secondary N) is 4. The summed E-state index contributed by atoms with van der Waals surface area (Å²) in [6.07, 6.45) is 0.318. The van der Waals surface area contributed by atoms with Crippen molar-refractivity contribution in [2.45, 2.75) is 44.3 Å². The molecule has 1 heterocycles. The molecule has 1 aliphatic rings. The Bertz CT molecular complexity index is 949. The molecule has 0 spiro atoms. The largest absolute Gasteiger partial charge is 0.352 e. The molecule has 8 heteroatoms. The van der Waals surface area contributed by atoms with Gasteiger partial charge in [0.05, 0.1) is 6.04 Å². The molecule has 32 heavy (non-hydrogen) atoms. The summed E-state index contributed by atoms with van der Waals surface area (Å²) in [6.45, 7) is 1.74. The van der Waals surface area contributed by atoms with Gasteiger partial charge in [-0.2, -0.15) is 0 Å². The summed E-state index contributed by atoms with van der Waals surface area (Å²) in [6, 6.07) is 16.9. The van der Waals surface area contributed by atoms with Crippen LogP contribution in [0.3, 0.4) is 0 Å². The highest BCUT2D eigenvalue weighted by Crippen LogP contribution is 2.06.